The highest BCUT2D eigenvalue weighted by atomic mass is 35.5. The van der Waals surface area contributed by atoms with Crippen molar-refractivity contribution in [2.45, 2.75) is 25.4 Å². The van der Waals surface area contributed by atoms with Gasteiger partial charge < -0.3 is 24.8 Å². The van der Waals surface area contributed by atoms with Crippen LogP contribution in [0.2, 0.25) is 5.02 Å². The molecule has 5 rings (SSSR count). The van der Waals surface area contributed by atoms with E-state index in [9.17, 15) is 14.3 Å². The number of carbonyl (C=O) groups excluding carboxylic acids is 1. The fourth-order valence-electron chi connectivity index (χ4n) is 4.96. The molecule has 3 aromatic rings. The van der Waals surface area contributed by atoms with Crippen LogP contribution in [0.5, 0.6) is 11.5 Å². The van der Waals surface area contributed by atoms with Gasteiger partial charge >= 0.3 is 0 Å². The molecule has 2 aliphatic heterocycles. The number of rotatable bonds is 8. The van der Waals surface area contributed by atoms with Gasteiger partial charge in [-0.2, -0.15) is 0 Å². The maximum absolute atomic E-state index is 14.3. The molecule has 1 unspecified atom stereocenters. The standard InChI is InChI=1S/C27H31ClFN5O4/c1-37-24-11-20-23(30-16-31-27(20)32-22-3-2-18(28)10-21(22)29)12-25(24)38-15-17-4-8-34(9-5-17)26(36)14-33-7-6-19(35)13-33/h2-3,10-12,16-17,19,35H,4-9,13-15H2,1H3,(H,30,31,32). The van der Waals surface area contributed by atoms with Gasteiger partial charge in [-0.25, -0.2) is 14.4 Å². The van der Waals surface area contributed by atoms with Crippen molar-refractivity contribution >= 4 is 39.9 Å². The van der Waals surface area contributed by atoms with Crippen LogP contribution >= 0.6 is 11.6 Å². The SMILES string of the molecule is COc1cc2c(Nc3ccc(Cl)cc3F)ncnc2cc1OCC1CCN(C(=O)CN2CCC(O)C2)CC1. The lowest BCUT2D eigenvalue weighted by Crippen LogP contribution is -2.44. The molecule has 0 aliphatic carbocycles. The third kappa shape index (κ3) is 6.09. The second-order valence-corrected chi connectivity index (χ2v) is 10.2. The molecule has 1 atom stereocenters. The number of β-amino-alcohol motifs (C(OH)–C–C–N with tert-alkyl or cyclic N) is 1. The number of aliphatic hydroxyl groups excluding tert-OH is 1. The number of benzene rings is 2. The highest BCUT2D eigenvalue weighted by Gasteiger charge is 2.27. The van der Waals surface area contributed by atoms with Crippen LogP contribution in [-0.4, -0.2) is 83.3 Å². The minimum Gasteiger partial charge on any atom is -0.493 e. The summed E-state index contributed by atoms with van der Waals surface area (Å²) < 4.78 is 26.1. The summed E-state index contributed by atoms with van der Waals surface area (Å²) >= 11 is 5.86. The number of nitrogens with one attached hydrogen (secondary N) is 1. The third-order valence-corrected chi connectivity index (χ3v) is 7.39. The van der Waals surface area contributed by atoms with Crippen LogP contribution in [-0.2, 0) is 4.79 Å². The fraction of sp³-hybridized carbons (Fsp3) is 0.444. The first-order valence-electron chi connectivity index (χ1n) is 12.8. The average molecular weight is 544 g/mol. The van der Waals surface area contributed by atoms with Crippen molar-refractivity contribution in [1.82, 2.24) is 19.8 Å². The van der Waals surface area contributed by atoms with Gasteiger partial charge in [-0.05, 0) is 49.4 Å². The molecular formula is C27H31ClFN5O4. The Morgan fingerprint density at radius 1 is 1.16 bits per heavy atom. The van der Waals surface area contributed by atoms with E-state index < -0.39 is 5.82 Å². The van der Waals surface area contributed by atoms with E-state index in [-0.39, 0.29) is 17.7 Å². The number of likely N-dealkylation sites (tertiary alicyclic amines) is 2. The lowest BCUT2D eigenvalue weighted by Gasteiger charge is -2.33. The highest BCUT2D eigenvalue weighted by molar-refractivity contribution is 6.30. The van der Waals surface area contributed by atoms with Crippen molar-refractivity contribution in [2.75, 3.05) is 51.8 Å². The van der Waals surface area contributed by atoms with Crippen molar-refractivity contribution in [1.29, 1.82) is 0 Å². The van der Waals surface area contributed by atoms with Crippen molar-refractivity contribution in [3.63, 3.8) is 0 Å². The Hall–Kier alpha value is -3.21. The maximum atomic E-state index is 14.3. The Morgan fingerprint density at radius 3 is 2.68 bits per heavy atom. The van der Waals surface area contributed by atoms with E-state index in [1.807, 2.05) is 9.80 Å². The number of nitrogens with zero attached hydrogens (tertiary/aromatic N) is 4. The summed E-state index contributed by atoms with van der Waals surface area (Å²) in [6, 6.07) is 7.96. The number of anilines is 2. The first kappa shape index (κ1) is 26.4. The molecule has 2 aromatic carbocycles. The van der Waals surface area contributed by atoms with Gasteiger partial charge in [0.25, 0.3) is 0 Å². The molecule has 2 N–H and O–H groups in total. The number of carbonyl (C=O) groups is 1. The van der Waals surface area contributed by atoms with Gasteiger partial charge in [0.05, 0.1) is 37.6 Å². The lowest BCUT2D eigenvalue weighted by atomic mass is 9.97. The van der Waals surface area contributed by atoms with Crippen molar-refractivity contribution < 1.29 is 23.8 Å². The number of hydrogen-bond donors (Lipinski definition) is 2. The van der Waals surface area contributed by atoms with Gasteiger partial charge in [-0.3, -0.25) is 9.69 Å². The Balaban J connectivity index is 1.21. The molecule has 38 heavy (non-hydrogen) atoms. The minimum atomic E-state index is -0.487. The molecule has 3 heterocycles. The van der Waals surface area contributed by atoms with E-state index >= 15 is 0 Å². The summed E-state index contributed by atoms with van der Waals surface area (Å²) in [4.78, 5) is 25.2. The largest absolute Gasteiger partial charge is 0.493 e. The number of halogens is 2. The molecule has 202 valence electrons. The van der Waals surface area contributed by atoms with Crippen LogP contribution in [0.1, 0.15) is 19.3 Å². The lowest BCUT2D eigenvalue weighted by molar-refractivity contribution is -0.133. The second kappa shape index (κ2) is 11.7. The number of methoxy groups -OCH3 is 1. The maximum Gasteiger partial charge on any atom is 0.236 e. The molecule has 1 aromatic heterocycles. The van der Waals surface area contributed by atoms with E-state index in [4.69, 9.17) is 21.1 Å². The number of piperidine rings is 1. The Bertz CT molecular complexity index is 1300. The molecule has 2 aliphatic rings. The zero-order valence-electron chi connectivity index (χ0n) is 21.2. The van der Waals surface area contributed by atoms with Crippen molar-refractivity contribution in [3.05, 3.63) is 47.5 Å². The summed E-state index contributed by atoms with van der Waals surface area (Å²) in [5.41, 5.74) is 0.872. The normalized spacial score (nSPS) is 18.6. The van der Waals surface area contributed by atoms with Gasteiger partial charge in [-0.1, -0.05) is 11.6 Å². The summed E-state index contributed by atoms with van der Waals surface area (Å²) in [5.74, 6) is 1.46. The predicted octanol–water partition coefficient (Wildman–Crippen LogP) is 3.86. The molecule has 0 radical (unpaired) electrons. The minimum absolute atomic E-state index is 0.122. The monoisotopic (exact) mass is 543 g/mol. The Kier molecular flexibility index (Phi) is 8.11. The molecule has 2 fully saturated rings. The molecule has 11 heteroatoms. The van der Waals surface area contributed by atoms with Gasteiger partial charge in [-0.15, -0.1) is 0 Å². The van der Waals surface area contributed by atoms with Crippen LogP contribution in [0.4, 0.5) is 15.9 Å². The van der Waals surface area contributed by atoms with Crippen molar-refractivity contribution in [2.24, 2.45) is 5.92 Å². The fourth-order valence-corrected chi connectivity index (χ4v) is 5.12. The van der Waals surface area contributed by atoms with Crippen LogP contribution in [0, 0.1) is 11.7 Å². The smallest absolute Gasteiger partial charge is 0.236 e. The summed E-state index contributed by atoms with van der Waals surface area (Å²) in [5, 5.41) is 13.7. The summed E-state index contributed by atoms with van der Waals surface area (Å²) in [6.07, 6.45) is 3.53. The van der Waals surface area contributed by atoms with E-state index in [1.165, 1.54) is 12.4 Å². The van der Waals surface area contributed by atoms with E-state index in [0.29, 0.717) is 71.9 Å². The molecule has 2 saturated heterocycles. The van der Waals surface area contributed by atoms with Crippen molar-refractivity contribution in [3.8, 4) is 11.5 Å². The van der Waals surface area contributed by atoms with E-state index in [1.54, 1.807) is 31.4 Å². The Morgan fingerprint density at radius 2 is 1.97 bits per heavy atom. The zero-order chi connectivity index (χ0) is 26.6. The molecule has 1 amide bonds. The topological polar surface area (TPSA) is 100 Å². The van der Waals surface area contributed by atoms with E-state index in [2.05, 4.69) is 15.3 Å². The molecular weight excluding hydrogens is 513 g/mol. The quantitative estimate of drug-likeness (QED) is 0.442. The summed E-state index contributed by atoms with van der Waals surface area (Å²) in [6.45, 7) is 3.60. The number of aliphatic hydroxyl groups is 1. The number of fused-ring (bicyclic) bond motifs is 1. The summed E-state index contributed by atoms with van der Waals surface area (Å²) in [7, 11) is 1.56. The van der Waals surface area contributed by atoms with Crippen LogP contribution < -0.4 is 14.8 Å². The average Bonchev–Trinajstić information content (AvgIpc) is 3.33. The third-order valence-electron chi connectivity index (χ3n) is 7.15. The van der Waals surface area contributed by atoms with Crippen LogP contribution in [0.3, 0.4) is 0 Å². The number of hydrogen-bond acceptors (Lipinski definition) is 8. The second-order valence-electron chi connectivity index (χ2n) is 9.80. The molecule has 0 spiro atoms. The van der Waals surface area contributed by atoms with E-state index in [0.717, 1.165) is 25.8 Å². The van der Waals surface area contributed by atoms with Gasteiger partial charge in [0.2, 0.25) is 5.91 Å². The molecule has 0 saturated carbocycles. The van der Waals surface area contributed by atoms with Crippen LogP contribution in [0.25, 0.3) is 10.9 Å². The van der Waals surface area contributed by atoms with Gasteiger partial charge in [0.15, 0.2) is 11.5 Å². The first-order valence-corrected chi connectivity index (χ1v) is 13.1. The number of ether oxygens (including phenoxy) is 2. The zero-order valence-corrected chi connectivity index (χ0v) is 22.0. The number of aromatic nitrogens is 2. The van der Waals surface area contributed by atoms with Gasteiger partial charge in [0, 0.05) is 42.7 Å². The predicted molar refractivity (Wildman–Crippen MR) is 143 cm³/mol. The number of amides is 1. The van der Waals surface area contributed by atoms with Crippen LogP contribution in [0.15, 0.2) is 36.7 Å². The first-order chi connectivity index (χ1) is 18.4. The molecule has 0 bridgehead atoms. The Labute approximate surface area is 225 Å². The highest BCUT2D eigenvalue weighted by Crippen LogP contribution is 2.36. The molecule has 9 nitrogen and oxygen atoms in total. The van der Waals surface area contributed by atoms with Gasteiger partial charge in [0.1, 0.15) is 18.0 Å².